The Balaban J connectivity index is 3.01. The Kier molecular flexibility index (Phi) is 2.95. The molecule has 0 spiro atoms. The lowest BCUT2D eigenvalue weighted by Crippen LogP contribution is -2.18. The zero-order chi connectivity index (χ0) is 9.90. The maximum absolute atomic E-state index is 12.9. The fourth-order valence-electron chi connectivity index (χ4n) is 1.02. The molecule has 72 valence electrons. The summed E-state index contributed by atoms with van der Waals surface area (Å²) in [6.45, 7) is -0.962. The molecular formula is C9H11F2NO. The predicted molar refractivity (Wildman–Crippen MR) is 45.3 cm³/mol. The van der Waals surface area contributed by atoms with Crippen LogP contribution in [0.3, 0.4) is 0 Å². The van der Waals surface area contributed by atoms with E-state index in [4.69, 9.17) is 10.8 Å². The van der Waals surface area contributed by atoms with Crippen molar-refractivity contribution in [1.29, 1.82) is 0 Å². The number of nitrogens with two attached hydrogens (primary N) is 1. The standard InChI is InChI=1S/C9H11F2NO/c10-9(11,6-13)8-3-1-2-7(4-8)5-12/h1-4,13H,5-6,12H2. The Morgan fingerprint density at radius 2 is 2.08 bits per heavy atom. The monoisotopic (exact) mass is 187 g/mol. The van der Waals surface area contributed by atoms with Gasteiger partial charge in [0.25, 0.3) is 5.92 Å². The highest BCUT2D eigenvalue weighted by molar-refractivity contribution is 5.26. The van der Waals surface area contributed by atoms with E-state index < -0.39 is 12.5 Å². The summed E-state index contributed by atoms with van der Waals surface area (Å²) in [6.07, 6.45) is 0. The van der Waals surface area contributed by atoms with Gasteiger partial charge in [-0.1, -0.05) is 18.2 Å². The molecule has 0 bridgehead atoms. The summed E-state index contributed by atoms with van der Waals surface area (Å²) in [5.74, 6) is -3.18. The first-order valence-corrected chi connectivity index (χ1v) is 3.88. The Morgan fingerprint density at radius 1 is 1.38 bits per heavy atom. The van der Waals surface area contributed by atoms with Gasteiger partial charge in [-0.3, -0.25) is 0 Å². The van der Waals surface area contributed by atoms with Gasteiger partial charge in [0, 0.05) is 12.1 Å². The topological polar surface area (TPSA) is 46.2 Å². The van der Waals surface area contributed by atoms with Crippen LogP contribution in [0.25, 0.3) is 0 Å². The van der Waals surface area contributed by atoms with Crippen LogP contribution in [0.5, 0.6) is 0 Å². The van der Waals surface area contributed by atoms with Gasteiger partial charge in [-0.15, -0.1) is 0 Å². The lowest BCUT2D eigenvalue weighted by atomic mass is 10.1. The van der Waals surface area contributed by atoms with Crippen molar-refractivity contribution < 1.29 is 13.9 Å². The Hall–Kier alpha value is -1.00. The molecule has 0 heterocycles. The van der Waals surface area contributed by atoms with Crippen LogP contribution in [0.2, 0.25) is 0 Å². The van der Waals surface area contributed by atoms with E-state index >= 15 is 0 Å². The fraction of sp³-hybridized carbons (Fsp3) is 0.333. The second-order valence-electron chi connectivity index (χ2n) is 2.77. The van der Waals surface area contributed by atoms with E-state index in [0.717, 1.165) is 0 Å². The van der Waals surface area contributed by atoms with E-state index in [0.29, 0.717) is 5.56 Å². The first-order valence-electron chi connectivity index (χ1n) is 3.88. The molecule has 1 rings (SSSR count). The number of benzene rings is 1. The number of hydrogen-bond acceptors (Lipinski definition) is 2. The summed E-state index contributed by atoms with van der Waals surface area (Å²) < 4.78 is 25.8. The molecule has 1 aromatic carbocycles. The number of halogens is 2. The molecule has 0 amide bonds. The normalized spacial score (nSPS) is 11.7. The number of aliphatic hydroxyl groups is 1. The van der Waals surface area contributed by atoms with Crippen LogP contribution in [0, 0.1) is 0 Å². The van der Waals surface area contributed by atoms with Crippen molar-refractivity contribution in [3.63, 3.8) is 0 Å². The van der Waals surface area contributed by atoms with Crippen LogP contribution in [0.4, 0.5) is 8.78 Å². The van der Waals surface area contributed by atoms with Gasteiger partial charge in [0.15, 0.2) is 0 Å². The highest BCUT2D eigenvalue weighted by Gasteiger charge is 2.30. The first kappa shape index (κ1) is 10.1. The molecule has 0 aliphatic rings. The fourth-order valence-corrected chi connectivity index (χ4v) is 1.02. The van der Waals surface area contributed by atoms with E-state index in [1.54, 1.807) is 6.07 Å². The van der Waals surface area contributed by atoms with Gasteiger partial charge in [0.05, 0.1) is 0 Å². The van der Waals surface area contributed by atoms with Crippen LogP contribution < -0.4 is 5.73 Å². The SMILES string of the molecule is NCc1cccc(C(F)(F)CO)c1. The van der Waals surface area contributed by atoms with Crippen molar-refractivity contribution in [2.45, 2.75) is 12.5 Å². The largest absolute Gasteiger partial charge is 0.390 e. The van der Waals surface area contributed by atoms with Crippen LogP contribution in [-0.4, -0.2) is 11.7 Å². The average Bonchev–Trinajstić information content (AvgIpc) is 2.18. The van der Waals surface area contributed by atoms with Crippen molar-refractivity contribution in [1.82, 2.24) is 0 Å². The highest BCUT2D eigenvalue weighted by atomic mass is 19.3. The van der Waals surface area contributed by atoms with E-state index in [2.05, 4.69) is 0 Å². The number of alkyl halides is 2. The summed E-state index contributed by atoms with van der Waals surface area (Å²) in [4.78, 5) is 0. The summed E-state index contributed by atoms with van der Waals surface area (Å²) in [5, 5.41) is 8.43. The summed E-state index contributed by atoms with van der Waals surface area (Å²) in [5.41, 5.74) is 5.73. The third-order valence-electron chi connectivity index (χ3n) is 1.78. The second kappa shape index (κ2) is 3.81. The first-order chi connectivity index (χ1) is 6.10. The molecule has 0 aromatic heterocycles. The average molecular weight is 187 g/mol. The molecule has 0 atom stereocenters. The van der Waals surface area contributed by atoms with Crippen LogP contribution in [-0.2, 0) is 12.5 Å². The van der Waals surface area contributed by atoms with Crippen molar-refractivity contribution >= 4 is 0 Å². The molecule has 3 N–H and O–H groups in total. The minimum Gasteiger partial charge on any atom is -0.390 e. The molecule has 0 unspecified atom stereocenters. The maximum Gasteiger partial charge on any atom is 0.295 e. The van der Waals surface area contributed by atoms with Gasteiger partial charge in [0.1, 0.15) is 6.61 Å². The van der Waals surface area contributed by atoms with Gasteiger partial charge in [-0.2, -0.15) is 8.78 Å². The molecule has 0 radical (unpaired) electrons. The van der Waals surface area contributed by atoms with Gasteiger partial charge >= 0.3 is 0 Å². The molecule has 0 aliphatic heterocycles. The lowest BCUT2D eigenvalue weighted by Gasteiger charge is -2.13. The van der Waals surface area contributed by atoms with E-state index in [-0.39, 0.29) is 12.1 Å². The zero-order valence-electron chi connectivity index (χ0n) is 7.00. The minimum atomic E-state index is -3.18. The molecule has 0 fully saturated rings. The second-order valence-corrected chi connectivity index (χ2v) is 2.77. The van der Waals surface area contributed by atoms with Crippen molar-refractivity contribution in [2.24, 2.45) is 5.73 Å². The summed E-state index contributed by atoms with van der Waals surface area (Å²) in [7, 11) is 0. The van der Waals surface area contributed by atoms with E-state index in [1.807, 2.05) is 0 Å². The molecule has 2 nitrogen and oxygen atoms in total. The molecule has 0 aliphatic carbocycles. The molecule has 0 saturated heterocycles. The zero-order valence-corrected chi connectivity index (χ0v) is 7.00. The molecule has 4 heteroatoms. The molecule has 1 aromatic rings. The Bertz CT molecular complexity index is 289. The number of rotatable bonds is 3. The van der Waals surface area contributed by atoms with Gasteiger partial charge < -0.3 is 10.8 Å². The molecule has 0 saturated carbocycles. The Morgan fingerprint density at radius 3 is 2.62 bits per heavy atom. The third-order valence-corrected chi connectivity index (χ3v) is 1.78. The minimum absolute atomic E-state index is 0.196. The van der Waals surface area contributed by atoms with E-state index in [9.17, 15) is 8.78 Å². The van der Waals surface area contributed by atoms with Crippen molar-refractivity contribution in [3.05, 3.63) is 35.4 Å². The van der Waals surface area contributed by atoms with Gasteiger partial charge in [-0.05, 0) is 11.6 Å². The van der Waals surface area contributed by atoms with Crippen molar-refractivity contribution in [3.8, 4) is 0 Å². The maximum atomic E-state index is 12.9. The summed E-state index contributed by atoms with van der Waals surface area (Å²) >= 11 is 0. The lowest BCUT2D eigenvalue weighted by molar-refractivity contribution is -0.0556. The smallest absolute Gasteiger partial charge is 0.295 e. The highest BCUT2D eigenvalue weighted by Crippen LogP contribution is 2.27. The van der Waals surface area contributed by atoms with Crippen LogP contribution in [0.1, 0.15) is 11.1 Å². The van der Waals surface area contributed by atoms with Crippen LogP contribution >= 0.6 is 0 Å². The van der Waals surface area contributed by atoms with Crippen molar-refractivity contribution in [2.75, 3.05) is 6.61 Å². The van der Waals surface area contributed by atoms with Gasteiger partial charge in [0.2, 0.25) is 0 Å². The van der Waals surface area contributed by atoms with E-state index in [1.165, 1.54) is 18.2 Å². The number of hydrogen-bond donors (Lipinski definition) is 2. The predicted octanol–water partition coefficient (Wildman–Crippen LogP) is 1.23. The third kappa shape index (κ3) is 2.23. The number of aliphatic hydroxyl groups excluding tert-OH is 1. The summed E-state index contributed by atoms with van der Waals surface area (Å²) in [6, 6.07) is 5.74. The van der Waals surface area contributed by atoms with Gasteiger partial charge in [-0.25, -0.2) is 0 Å². The Labute approximate surface area is 75.0 Å². The molecular weight excluding hydrogens is 176 g/mol. The quantitative estimate of drug-likeness (QED) is 0.747. The van der Waals surface area contributed by atoms with Crippen LogP contribution in [0.15, 0.2) is 24.3 Å². The molecule has 13 heavy (non-hydrogen) atoms.